The maximum Gasteiger partial charge on any atom is 0.309 e. The van der Waals surface area contributed by atoms with Gasteiger partial charge < -0.3 is 9.47 Å². The van der Waals surface area contributed by atoms with Gasteiger partial charge in [-0.25, -0.2) is 0 Å². The minimum atomic E-state index is -0.373. The molecule has 0 aliphatic heterocycles. The number of unbranched alkanes of at least 4 members (excludes halogenated alkanes) is 24. The van der Waals surface area contributed by atoms with Gasteiger partial charge in [0.1, 0.15) is 0 Å². The highest BCUT2D eigenvalue weighted by molar-refractivity contribution is 5.81. The number of carbonyl (C=O) groups excluding carboxylic acids is 2. The highest BCUT2D eigenvalue weighted by Crippen LogP contribution is 2.28. The molecule has 0 saturated carbocycles. The molecule has 0 radical (unpaired) electrons. The first-order valence-electron chi connectivity index (χ1n) is 17.8. The molecule has 0 amide bonds. The fourth-order valence-electron chi connectivity index (χ4n) is 6.03. The van der Waals surface area contributed by atoms with Gasteiger partial charge in [-0.3, -0.25) is 9.59 Å². The van der Waals surface area contributed by atoms with Crippen LogP contribution in [0.1, 0.15) is 194 Å². The molecule has 0 aliphatic rings. The Labute approximate surface area is 250 Å². The average Bonchev–Trinajstić information content (AvgIpc) is 2.97. The van der Waals surface area contributed by atoms with Crippen molar-refractivity contribution in [2.24, 2.45) is 11.8 Å². The lowest BCUT2D eigenvalue weighted by Crippen LogP contribution is -2.32. The summed E-state index contributed by atoms with van der Waals surface area (Å²) in [6.45, 7) is 4.54. The van der Waals surface area contributed by atoms with Gasteiger partial charge >= 0.3 is 11.9 Å². The molecule has 40 heavy (non-hydrogen) atoms. The van der Waals surface area contributed by atoms with Crippen LogP contribution in [0.15, 0.2) is 0 Å². The molecular formula is C36H70O4. The van der Waals surface area contributed by atoms with E-state index in [9.17, 15) is 9.59 Å². The molecule has 4 nitrogen and oxygen atoms in total. The predicted octanol–water partition coefficient (Wildman–Crippen LogP) is 11.5. The van der Waals surface area contributed by atoms with Gasteiger partial charge in [0.15, 0.2) is 0 Å². The molecule has 0 aromatic rings. The number of rotatable bonds is 31. The fraction of sp³-hybridized carbons (Fsp3) is 0.944. The second-order valence-corrected chi connectivity index (χ2v) is 12.3. The van der Waals surface area contributed by atoms with Crippen molar-refractivity contribution < 1.29 is 19.1 Å². The number of ether oxygens (including phenoxy) is 2. The highest BCUT2D eigenvalue weighted by atomic mass is 16.5. The Hall–Kier alpha value is -1.06. The van der Waals surface area contributed by atoms with Gasteiger partial charge in [-0.05, 0) is 12.8 Å². The van der Waals surface area contributed by atoms with Crippen LogP contribution in [0.5, 0.6) is 0 Å². The molecule has 0 saturated heterocycles. The summed E-state index contributed by atoms with van der Waals surface area (Å²) in [5, 5.41) is 0. The van der Waals surface area contributed by atoms with Crippen LogP contribution >= 0.6 is 0 Å². The molecule has 2 atom stereocenters. The Balaban J connectivity index is 4.09. The van der Waals surface area contributed by atoms with Gasteiger partial charge in [0, 0.05) is 0 Å². The maximum atomic E-state index is 12.6. The fourth-order valence-corrected chi connectivity index (χ4v) is 6.03. The van der Waals surface area contributed by atoms with E-state index in [1.54, 1.807) is 0 Å². The largest absolute Gasteiger partial charge is 0.469 e. The number of carbonyl (C=O) groups is 2. The van der Waals surface area contributed by atoms with Crippen LogP contribution < -0.4 is 0 Å². The van der Waals surface area contributed by atoms with Gasteiger partial charge in [-0.15, -0.1) is 0 Å². The molecular weight excluding hydrogens is 496 g/mol. The molecule has 0 heterocycles. The lowest BCUT2D eigenvalue weighted by atomic mass is 9.83. The van der Waals surface area contributed by atoms with E-state index in [4.69, 9.17) is 9.47 Å². The van der Waals surface area contributed by atoms with E-state index in [0.717, 1.165) is 38.5 Å². The summed E-state index contributed by atoms with van der Waals surface area (Å²) in [7, 11) is 2.89. The van der Waals surface area contributed by atoms with E-state index in [1.807, 2.05) is 0 Å². The summed E-state index contributed by atoms with van der Waals surface area (Å²) in [4.78, 5) is 25.3. The summed E-state index contributed by atoms with van der Waals surface area (Å²) < 4.78 is 10.2. The van der Waals surface area contributed by atoms with Crippen LogP contribution in [0.2, 0.25) is 0 Å². The second kappa shape index (κ2) is 30.9. The molecule has 4 heteroatoms. The zero-order chi connectivity index (χ0) is 29.5. The van der Waals surface area contributed by atoms with Crippen molar-refractivity contribution >= 4 is 11.9 Å². The molecule has 0 N–H and O–H groups in total. The Morgan fingerprint density at radius 2 is 0.575 bits per heavy atom. The molecule has 0 fully saturated rings. The van der Waals surface area contributed by atoms with Crippen molar-refractivity contribution in [1.82, 2.24) is 0 Å². The third-order valence-electron chi connectivity index (χ3n) is 8.73. The Bertz CT molecular complexity index is 547. The van der Waals surface area contributed by atoms with Crippen LogP contribution in [0, 0.1) is 11.8 Å². The van der Waals surface area contributed by atoms with Gasteiger partial charge in [-0.2, -0.15) is 0 Å². The van der Waals surface area contributed by atoms with E-state index in [1.165, 1.54) is 155 Å². The van der Waals surface area contributed by atoms with Crippen molar-refractivity contribution in [2.45, 2.75) is 194 Å². The summed E-state index contributed by atoms with van der Waals surface area (Å²) in [6, 6.07) is 0. The van der Waals surface area contributed by atoms with E-state index in [-0.39, 0.29) is 23.8 Å². The van der Waals surface area contributed by atoms with Crippen molar-refractivity contribution in [1.29, 1.82) is 0 Å². The van der Waals surface area contributed by atoms with Crippen LogP contribution in [-0.4, -0.2) is 26.2 Å². The number of hydrogen-bond acceptors (Lipinski definition) is 4. The summed E-state index contributed by atoms with van der Waals surface area (Å²) in [5.74, 6) is -1.24. The highest BCUT2D eigenvalue weighted by Gasteiger charge is 2.34. The number of methoxy groups -OCH3 is 2. The first kappa shape index (κ1) is 38.9. The van der Waals surface area contributed by atoms with E-state index >= 15 is 0 Å². The number of esters is 2. The van der Waals surface area contributed by atoms with Crippen molar-refractivity contribution in [2.75, 3.05) is 14.2 Å². The van der Waals surface area contributed by atoms with Crippen LogP contribution in [-0.2, 0) is 19.1 Å². The maximum absolute atomic E-state index is 12.6. The Morgan fingerprint density at radius 1 is 0.375 bits per heavy atom. The van der Waals surface area contributed by atoms with Crippen LogP contribution in [0.3, 0.4) is 0 Å². The molecule has 0 aromatic heterocycles. The minimum absolute atomic E-state index is 0.246. The monoisotopic (exact) mass is 567 g/mol. The van der Waals surface area contributed by atoms with E-state index in [2.05, 4.69) is 13.8 Å². The normalized spacial score (nSPS) is 12.8. The first-order chi connectivity index (χ1) is 19.6. The minimum Gasteiger partial charge on any atom is -0.469 e. The Kier molecular flexibility index (Phi) is 30.1. The lowest BCUT2D eigenvalue weighted by Gasteiger charge is -2.23. The van der Waals surface area contributed by atoms with E-state index < -0.39 is 0 Å². The molecule has 0 bridgehead atoms. The molecule has 0 spiro atoms. The number of hydrogen-bond donors (Lipinski definition) is 0. The average molecular weight is 567 g/mol. The topological polar surface area (TPSA) is 52.6 Å². The van der Waals surface area contributed by atoms with Crippen LogP contribution in [0.25, 0.3) is 0 Å². The zero-order valence-electron chi connectivity index (χ0n) is 27.6. The standard InChI is InChI=1S/C36H70O4/c1-5-7-9-11-13-15-17-19-20-22-24-26-28-30-32-34(36(38)40-4)33(35(37)39-3)31-29-27-25-23-21-18-16-14-12-10-8-6-2/h33-34H,5-32H2,1-4H3. The lowest BCUT2D eigenvalue weighted by molar-refractivity contribution is -0.158. The second-order valence-electron chi connectivity index (χ2n) is 12.3. The third kappa shape index (κ3) is 23.6. The summed E-state index contributed by atoms with van der Waals surface area (Å²) in [6.07, 6.45) is 35.3. The molecule has 238 valence electrons. The van der Waals surface area contributed by atoms with Crippen molar-refractivity contribution in [3.05, 3.63) is 0 Å². The van der Waals surface area contributed by atoms with Gasteiger partial charge in [0.25, 0.3) is 0 Å². The third-order valence-corrected chi connectivity index (χ3v) is 8.73. The quantitative estimate of drug-likeness (QED) is 0.0618. The van der Waals surface area contributed by atoms with Crippen LogP contribution in [0.4, 0.5) is 0 Å². The summed E-state index contributed by atoms with van der Waals surface area (Å²) in [5.41, 5.74) is 0. The van der Waals surface area contributed by atoms with Gasteiger partial charge in [-0.1, -0.05) is 181 Å². The zero-order valence-corrected chi connectivity index (χ0v) is 27.6. The van der Waals surface area contributed by atoms with E-state index in [0.29, 0.717) is 0 Å². The SMILES string of the molecule is CCCCCCCCCCCCCCCCC(C(=O)OC)C(CCCCCCCCCCCCCC)C(=O)OC. The smallest absolute Gasteiger partial charge is 0.309 e. The van der Waals surface area contributed by atoms with Crippen molar-refractivity contribution in [3.8, 4) is 0 Å². The molecule has 0 aliphatic carbocycles. The van der Waals surface area contributed by atoms with Gasteiger partial charge in [0.05, 0.1) is 26.1 Å². The first-order valence-corrected chi connectivity index (χ1v) is 17.8. The van der Waals surface area contributed by atoms with Gasteiger partial charge in [0.2, 0.25) is 0 Å². The molecule has 2 unspecified atom stereocenters. The van der Waals surface area contributed by atoms with Crippen molar-refractivity contribution in [3.63, 3.8) is 0 Å². The molecule has 0 aromatic carbocycles. The molecule has 0 rings (SSSR count). The predicted molar refractivity (Wildman–Crippen MR) is 172 cm³/mol. The Morgan fingerprint density at radius 3 is 0.775 bits per heavy atom. The summed E-state index contributed by atoms with van der Waals surface area (Å²) >= 11 is 0.